The number of aliphatic hydroxyl groups is 1. The molecule has 2 aromatic rings. The van der Waals surface area contributed by atoms with Crippen LogP contribution in [0.15, 0.2) is 36.5 Å². The molecule has 1 aromatic carbocycles. The summed E-state index contributed by atoms with van der Waals surface area (Å²) in [5.41, 5.74) is -0.704. The number of alkyl halides is 3. The number of hydrogen-bond acceptors (Lipinski definition) is 3. The van der Waals surface area contributed by atoms with Crippen LogP contribution < -0.4 is 4.74 Å². The number of aromatic nitrogens is 1. The predicted molar refractivity (Wildman–Crippen MR) is 61.6 cm³/mol. The number of rotatable bonds is 3. The molecule has 0 saturated carbocycles. The summed E-state index contributed by atoms with van der Waals surface area (Å²) in [7, 11) is 0. The first-order chi connectivity index (χ1) is 9.40. The largest absolute Gasteiger partial charge is 0.439 e. The molecule has 7 heteroatoms. The Kier molecular flexibility index (Phi) is 3.89. The molecule has 0 amide bonds. The van der Waals surface area contributed by atoms with Gasteiger partial charge in [-0.15, -0.1) is 0 Å². The molecular formula is C13H9F4NO2. The molecule has 1 N–H and O–H groups in total. The monoisotopic (exact) mass is 287 g/mol. The Labute approximate surface area is 111 Å². The highest BCUT2D eigenvalue weighted by molar-refractivity contribution is 5.34. The number of ether oxygens (including phenoxy) is 1. The zero-order chi connectivity index (χ0) is 14.8. The summed E-state index contributed by atoms with van der Waals surface area (Å²) in [5, 5.41) is 9.04. The molecule has 0 atom stereocenters. The maximum absolute atomic E-state index is 12.9. The Hall–Kier alpha value is -2.15. The van der Waals surface area contributed by atoms with Gasteiger partial charge < -0.3 is 9.84 Å². The maximum Gasteiger partial charge on any atom is 0.416 e. The predicted octanol–water partition coefficient (Wildman–Crippen LogP) is 3.52. The zero-order valence-electron chi connectivity index (χ0n) is 9.99. The normalized spacial score (nSPS) is 11.4. The van der Waals surface area contributed by atoms with Gasteiger partial charge in [-0.25, -0.2) is 9.37 Å². The molecule has 0 aliphatic heterocycles. The standard InChI is InChI=1S/C13H9F4NO2/c14-10-5-8(7-19)12(18-6-10)20-11-3-1-9(2-4-11)13(15,16)17/h1-6,19H,7H2. The van der Waals surface area contributed by atoms with Crippen molar-refractivity contribution in [2.45, 2.75) is 12.8 Å². The Morgan fingerprint density at radius 1 is 1.15 bits per heavy atom. The maximum atomic E-state index is 12.9. The molecule has 0 radical (unpaired) electrons. The van der Waals surface area contributed by atoms with Crippen LogP contribution in [0.1, 0.15) is 11.1 Å². The lowest BCUT2D eigenvalue weighted by Crippen LogP contribution is -2.04. The number of aliphatic hydroxyl groups excluding tert-OH is 1. The van der Waals surface area contributed by atoms with Crippen molar-refractivity contribution < 1.29 is 27.4 Å². The minimum absolute atomic E-state index is 0.0614. The van der Waals surface area contributed by atoms with Crippen molar-refractivity contribution in [3.05, 3.63) is 53.5 Å². The number of nitrogens with zero attached hydrogens (tertiary/aromatic N) is 1. The van der Waals surface area contributed by atoms with Crippen LogP contribution in [0.2, 0.25) is 0 Å². The van der Waals surface area contributed by atoms with E-state index >= 15 is 0 Å². The van der Waals surface area contributed by atoms with Gasteiger partial charge in [-0.1, -0.05) is 0 Å². The van der Waals surface area contributed by atoms with Gasteiger partial charge in [-0.05, 0) is 30.3 Å². The molecular weight excluding hydrogens is 278 g/mol. The van der Waals surface area contributed by atoms with Crippen molar-refractivity contribution in [3.63, 3.8) is 0 Å². The zero-order valence-corrected chi connectivity index (χ0v) is 9.99. The molecule has 0 saturated heterocycles. The Bertz CT molecular complexity index is 596. The number of pyridine rings is 1. The molecule has 1 heterocycles. The lowest BCUT2D eigenvalue weighted by atomic mass is 10.2. The van der Waals surface area contributed by atoms with Gasteiger partial charge >= 0.3 is 6.18 Å². The second-order valence-electron chi connectivity index (χ2n) is 3.90. The molecule has 0 bridgehead atoms. The topological polar surface area (TPSA) is 42.4 Å². The molecule has 0 aliphatic rings. The fraction of sp³-hybridized carbons (Fsp3) is 0.154. The van der Waals surface area contributed by atoms with Crippen LogP contribution in [0.4, 0.5) is 17.6 Å². The summed E-state index contributed by atoms with van der Waals surface area (Å²) in [6.45, 7) is -0.499. The molecule has 0 fully saturated rings. The van der Waals surface area contributed by atoms with Crippen molar-refractivity contribution in [1.82, 2.24) is 4.98 Å². The van der Waals surface area contributed by atoms with Gasteiger partial charge in [-0.2, -0.15) is 13.2 Å². The average Bonchev–Trinajstić information content (AvgIpc) is 2.40. The highest BCUT2D eigenvalue weighted by Crippen LogP contribution is 2.31. The highest BCUT2D eigenvalue weighted by atomic mass is 19.4. The summed E-state index contributed by atoms with van der Waals surface area (Å²) in [6, 6.07) is 4.99. The first-order valence-corrected chi connectivity index (χ1v) is 5.50. The van der Waals surface area contributed by atoms with Crippen LogP contribution in [0.5, 0.6) is 11.6 Å². The molecule has 0 unspecified atom stereocenters. The number of benzene rings is 1. The van der Waals surface area contributed by atoms with Crippen LogP contribution in [-0.2, 0) is 12.8 Å². The molecule has 106 valence electrons. The molecule has 1 aromatic heterocycles. The average molecular weight is 287 g/mol. The van der Waals surface area contributed by atoms with Crippen LogP contribution in [0.3, 0.4) is 0 Å². The van der Waals surface area contributed by atoms with E-state index in [0.29, 0.717) is 0 Å². The quantitative estimate of drug-likeness (QED) is 0.878. The third kappa shape index (κ3) is 3.24. The van der Waals surface area contributed by atoms with Crippen LogP contribution in [-0.4, -0.2) is 10.1 Å². The summed E-state index contributed by atoms with van der Waals surface area (Å²) in [5.74, 6) is -0.603. The SMILES string of the molecule is OCc1cc(F)cnc1Oc1ccc(C(F)(F)F)cc1. The first kappa shape index (κ1) is 14.3. The minimum Gasteiger partial charge on any atom is -0.439 e. The minimum atomic E-state index is -4.43. The fourth-order valence-electron chi connectivity index (χ4n) is 1.50. The van der Waals surface area contributed by atoms with Crippen LogP contribution in [0.25, 0.3) is 0 Å². The highest BCUT2D eigenvalue weighted by Gasteiger charge is 2.30. The first-order valence-electron chi connectivity index (χ1n) is 5.50. The number of hydrogen-bond donors (Lipinski definition) is 1. The second kappa shape index (κ2) is 5.46. The summed E-state index contributed by atoms with van der Waals surface area (Å²) in [4.78, 5) is 3.64. The summed E-state index contributed by atoms with van der Waals surface area (Å²) >= 11 is 0. The molecule has 20 heavy (non-hydrogen) atoms. The smallest absolute Gasteiger partial charge is 0.416 e. The van der Waals surface area contributed by atoms with Gasteiger partial charge in [0.2, 0.25) is 5.88 Å². The van der Waals surface area contributed by atoms with Crippen LogP contribution >= 0.6 is 0 Å². The lowest BCUT2D eigenvalue weighted by molar-refractivity contribution is -0.137. The van der Waals surface area contributed by atoms with E-state index in [2.05, 4.69) is 4.98 Å². The van der Waals surface area contributed by atoms with Crippen molar-refractivity contribution in [2.75, 3.05) is 0 Å². The fourth-order valence-corrected chi connectivity index (χ4v) is 1.50. The summed E-state index contributed by atoms with van der Waals surface area (Å²) in [6.07, 6.45) is -3.54. The van der Waals surface area contributed by atoms with Crippen molar-refractivity contribution in [3.8, 4) is 11.6 Å². The van der Waals surface area contributed by atoms with Crippen molar-refractivity contribution in [2.24, 2.45) is 0 Å². The van der Waals surface area contributed by atoms with E-state index in [0.717, 1.165) is 36.5 Å². The van der Waals surface area contributed by atoms with E-state index in [1.54, 1.807) is 0 Å². The molecule has 3 nitrogen and oxygen atoms in total. The molecule has 2 rings (SSSR count). The van der Waals surface area contributed by atoms with Gasteiger partial charge in [0, 0.05) is 5.56 Å². The van der Waals surface area contributed by atoms with E-state index in [1.807, 2.05) is 0 Å². The third-order valence-electron chi connectivity index (χ3n) is 2.46. The molecule has 0 spiro atoms. The van der Waals surface area contributed by atoms with E-state index in [4.69, 9.17) is 9.84 Å². The lowest BCUT2D eigenvalue weighted by Gasteiger charge is -2.10. The van der Waals surface area contributed by atoms with Crippen molar-refractivity contribution >= 4 is 0 Å². The van der Waals surface area contributed by atoms with Crippen molar-refractivity contribution in [1.29, 1.82) is 0 Å². The Morgan fingerprint density at radius 2 is 1.80 bits per heavy atom. The van der Waals surface area contributed by atoms with Gasteiger partial charge in [-0.3, -0.25) is 0 Å². The van der Waals surface area contributed by atoms with Crippen LogP contribution in [0, 0.1) is 5.82 Å². The van der Waals surface area contributed by atoms with Gasteiger partial charge in [0.05, 0.1) is 18.4 Å². The van der Waals surface area contributed by atoms with Gasteiger partial charge in [0.25, 0.3) is 0 Å². The van der Waals surface area contributed by atoms with Gasteiger partial charge in [0.1, 0.15) is 11.6 Å². The third-order valence-corrected chi connectivity index (χ3v) is 2.46. The second-order valence-corrected chi connectivity index (χ2v) is 3.90. The number of halogens is 4. The van der Waals surface area contributed by atoms with E-state index in [-0.39, 0.29) is 17.2 Å². The van der Waals surface area contributed by atoms with E-state index < -0.39 is 24.2 Å². The Balaban J connectivity index is 2.22. The van der Waals surface area contributed by atoms with E-state index in [9.17, 15) is 17.6 Å². The van der Waals surface area contributed by atoms with E-state index in [1.165, 1.54) is 0 Å². The molecule has 0 aliphatic carbocycles. The summed E-state index contributed by atoms with van der Waals surface area (Å²) < 4.78 is 55.3. The Morgan fingerprint density at radius 3 is 2.35 bits per heavy atom. The van der Waals surface area contributed by atoms with Gasteiger partial charge in [0.15, 0.2) is 0 Å².